The lowest BCUT2D eigenvalue weighted by molar-refractivity contribution is 1.23. The summed E-state index contributed by atoms with van der Waals surface area (Å²) < 4.78 is 0. The Hall–Kier alpha value is -1.75. The summed E-state index contributed by atoms with van der Waals surface area (Å²) in [6, 6.07) is 14.7. The maximum absolute atomic E-state index is 6.01. The molecule has 0 aliphatic carbocycles. The SMILES string of the molecule is Cl.N/C(=N\N=C\c1ccccc1)Nc1c(Cl)cccc1Cl. The minimum Gasteiger partial charge on any atom is -0.368 e. The first kappa shape index (κ1) is 17.3. The van der Waals surface area contributed by atoms with Gasteiger partial charge in [-0.2, -0.15) is 5.10 Å². The number of nitrogens with two attached hydrogens (primary N) is 1. The van der Waals surface area contributed by atoms with Crippen LogP contribution >= 0.6 is 35.6 Å². The number of benzene rings is 2. The van der Waals surface area contributed by atoms with Gasteiger partial charge in [0.2, 0.25) is 5.96 Å². The highest BCUT2D eigenvalue weighted by Crippen LogP contribution is 2.29. The Labute approximate surface area is 139 Å². The van der Waals surface area contributed by atoms with E-state index < -0.39 is 0 Å². The number of hydrogen-bond donors (Lipinski definition) is 2. The molecule has 3 N–H and O–H groups in total. The lowest BCUT2D eigenvalue weighted by atomic mass is 10.2. The van der Waals surface area contributed by atoms with Crippen LogP contribution in [0.1, 0.15) is 5.56 Å². The lowest BCUT2D eigenvalue weighted by Crippen LogP contribution is -2.22. The van der Waals surface area contributed by atoms with E-state index in [1.54, 1.807) is 24.4 Å². The summed E-state index contributed by atoms with van der Waals surface area (Å²) in [7, 11) is 0. The fourth-order valence-corrected chi connectivity index (χ4v) is 1.96. The maximum Gasteiger partial charge on any atom is 0.218 e. The smallest absolute Gasteiger partial charge is 0.218 e. The van der Waals surface area contributed by atoms with Gasteiger partial charge < -0.3 is 11.1 Å². The van der Waals surface area contributed by atoms with E-state index in [2.05, 4.69) is 15.5 Å². The highest BCUT2D eigenvalue weighted by molar-refractivity contribution is 6.39. The van der Waals surface area contributed by atoms with Crippen molar-refractivity contribution in [3.05, 3.63) is 64.1 Å². The van der Waals surface area contributed by atoms with Crippen LogP contribution in [0.3, 0.4) is 0 Å². The molecule has 0 bridgehead atoms. The first-order valence-electron chi connectivity index (χ1n) is 5.79. The molecule has 0 aliphatic heterocycles. The third-order valence-corrected chi connectivity index (χ3v) is 3.02. The van der Waals surface area contributed by atoms with Crippen molar-refractivity contribution in [2.24, 2.45) is 15.9 Å². The molecule has 0 aliphatic rings. The normalized spacial score (nSPS) is 11.2. The van der Waals surface area contributed by atoms with Crippen LogP contribution in [0.2, 0.25) is 10.0 Å². The van der Waals surface area contributed by atoms with Crippen molar-refractivity contribution in [1.82, 2.24) is 0 Å². The summed E-state index contributed by atoms with van der Waals surface area (Å²) in [5.41, 5.74) is 7.15. The van der Waals surface area contributed by atoms with Crippen LogP contribution in [0.5, 0.6) is 0 Å². The Bertz CT molecular complexity index is 622. The standard InChI is InChI=1S/C14H12Cl2N4.ClH/c15-11-7-4-8-12(16)13(11)19-14(17)20-18-9-10-5-2-1-3-6-10;/h1-9H,(H3,17,19,20);1H/b18-9+;. The first-order chi connectivity index (χ1) is 9.66. The van der Waals surface area contributed by atoms with Crippen LogP contribution in [0, 0.1) is 0 Å². The quantitative estimate of drug-likeness (QED) is 0.499. The van der Waals surface area contributed by atoms with Crippen molar-refractivity contribution >= 4 is 53.5 Å². The Morgan fingerprint density at radius 3 is 2.24 bits per heavy atom. The molecule has 110 valence electrons. The zero-order chi connectivity index (χ0) is 14.4. The van der Waals surface area contributed by atoms with Crippen LogP contribution in [-0.4, -0.2) is 12.2 Å². The summed E-state index contributed by atoms with van der Waals surface area (Å²) in [4.78, 5) is 0. The molecule has 0 unspecified atom stereocenters. The molecule has 0 aromatic heterocycles. The first-order valence-corrected chi connectivity index (χ1v) is 6.55. The number of hydrogen-bond acceptors (Lipinski definition) is 2. The highest BCUT2D eigenvalue weighted by atomic mass is 35.5. The van der Waals surface area contributed by atoms with E-state index in [9.17, 15) is 0 Å². The molecule has 0 radical (unpaired) electrons. The number of anilines is 1. The predicted molar refractivity (Wildman–Crippen MR) is 93.0 cm³/mol. The van der Waals surface area contributed by atoms with Gasteiger partial charge in [0.25, 0.3) is 0 Å². The van der Waals surface area contributed by atoms with Gasteiger partial charge in [-0.1, -0.05) is 59.6 Å². The minimum absolute atomic E-state index is 0. The number of nitrogens with zero attached hydrogens (tertiary/aromatic N) is 2. The summed E-state index contributed by atoms with van der Waals surface area (Å²) in [5.74, 6) is 0.104. The van der Waals surface area contributed by atoms with Gasteiger partial charge in [0, 0.05) is 0 Å². The molecule has 0 fully saturated rings. The maximum atomic E-state index is 6.01. The van der Waals surface area contributed by atoms with E-state index in [4.69, 9.17) is 28.9 Å². The number of halogens is 3. The van der Waals surface area contributed by atoms with E-state index in [-0.39, 0.29) is 18.4 Å². The van der Waals surface area contributed by atoms with Crippen LogP contribution in [-0.2, 0) is 0 Å². The molecule has 0 amide bonds. The summed E-state index contributed by atoms with van der Waals surface area (Å²) >= 11 is 12.0. The average molecular weight is 344 g/mol. The molecular formula is C14H13Cl3N4. The van der Waals surface area contributed by atoms with E-state index in [0.29, 0.717) is 15.7 Å². The zero-order valence-corrected chi connectivity index (χ0v) is 13.2. The molecule has 21 heavy (non-hydrogen) atoms. The third kappa shape index (κ3) is 5.27. The molecular weight excluding hydrogens is 331 g/mol. The van der Waals surface area contributed by atoms with Crippen LogP contribution in [0.4, 0.5) is 5.69 Å². The van der Waals surface area contributed by atoms with Crippen molar-refractivity contribution in [1.29, 1.82) is 0 Å². The summed E-state index contributed by atoms with van der Waals surface area (Å²) in [6.07, 6.45) is 1.60. The molecule has 0 saturated carbocycles. The molecule has 0 spiro atoms. The molecule has 0 atom stereocenters. The van der Waals surface area contributed by atoms with Gasteiger partial charge in [-0.3, -0.25) is 0 Å². The molecule has 4 nitrogen and oxygen atoms in total. The van der Waals surface area contributed by atoms with Gasteiger partial charge in [-0.15, -0.1) is 17.5 Å². The zero-order valence-electron chi connectivity index (χ0n) is 10.8. The molecule has 0 saturated heterocycles. The fourth-order valence-electron chi connectivity index (χ4n) is 1.47. The van der Waals surface area contributed by atoms with Crippen LogP contribution in [0.15, 0.2) is 58.7 Å². The van der Waals surface area contributed by atoms with Gasteiger partial charge in [0.1, 0.15) is 0 Å². The van der Waals surface area contributed by atoms with E-state index in [0.717, 1.165) is 5.56 Å². The topological polar surface area (TPSA) is 62.8 Å². The van der Waals surface area contributed by atoms with Crippen molar-refractivity contribution in [3.63, 3.8) is 0 Å². The van der Waals surface area contributed by atoms with Crippen molar-refractivity contribution in [2.45, 2.75) is 0 Å². The van der Waals surface area contributed by atoms with Gasteiger partial charge in [0.15, 0.2) is 0 Å². The second-order valence-corrected chi connectivity index (χ2v) is 4.68. The Kier molecular flexibility index (Phi) is 7.02. The number of nitrogens with one attached hydrogen (secondary N) is 1. The Morgan fingerprint density at radius 2 is 1.62 bits per heavy atom. The van der Waals surface area contributed by atoms with Crippen molar-refractivity contribution < 1.29 is 0 Å². The largest absolute Gasteiger partial charge is 0.368 e. The van der Waals surface area contributed by atoms with Crippen LogP contribution < -0.4 is 11.1 Å². The average Bonchev–Trinajstić information content (AvgIpc) is 2.44. The third-order valence-electron chi connectivity index (χ3n) is 2.39. The van der Waals surface area contributed by atoms with Crippen LogP contribution in [0.25, 0.3) is 0 Å². The Balaban J connectivity index is 0.00000220. The number of para-hydroxylation sites is 1. The van der Waals surface area contributed by atoms with Gasteiger partial charge in [-0.25, -0.2) is 0 Å². The van der Waals surface area contributed by atoms with Gasteiger partial charge >= 0.3 is 0 Å². The fraction of sp³-hybridized carbons (Fsp3) is 0. The lowest BCUT2D eigenvalue weighted by Gasteiger charge is -2.07. The second kappa shape index (κ2) is 8.52. The van der Waals surface area contributed by atoms with Gasteiger partial charge in [0.05, 0.1) is 21.9 Å². The van der Waals surface area contributed by atoms with E-state index in [1.165, 1.54) is 0 Å². The highest BCUT2D eigenvalue weighted by Gasteiger charge is 2.05. The number of rotatable bonds is 3. The summed E-state index contributed by atoms with van der Waals surface area (Å²) in [6.45, 7) is 0. The summed E-state index contributed by atoms with van der Waals surface area (Å²) in [5, 5.41) is 11.5. The molecule has 7 heteroatoms. The van der Waals surface area contributed by atoms with Crippen molar-refractivity contribution in [2.75, 3.05) is 5.32 Å². The monoisotopic (exact) mass is 342 g/mol. The predicted octanol–water partition coefficient (Wildman–Crippen LogP) is 4.18. The van der Waals surface area contributed by atoms with E-state index >= 15 is 0 Å². The number of guanidine groups is 1. The van der Waals surface area contributed by atoms with Gasteiger partial charge in [-0.05, 0) is 17.7 Å². The Morgan fingerprint density at radius 1 is 1.00 bits per heavy atom. The van der Waals surface area contributed by atoms with Crippen molar-refractivity contribution in [3.8, 4) is 0 Å². The minimum atomic E-state index is 0. The molecule has 2 rings (SSSR count). The second-order valence-electron chi connectivity index (χ2n) is 3.86. The van der Waals surface area contributed by atoms with E-state index in [1.807, 2.05) is 30.3 Å². The molecule has 0 heterocycles. The molecule has 2 aromatic carbocycles. The molecule has 2 aromatic rings.